The van der Waals surface area contributed by atoms with Crippen molar-refractivity contribution in [2.24, 2.45) is 0 Å². The number of fused-ring (bicyclic) bond motifs is 2. The first-order valence-corrected chi connectivity index (χ1v) is 9.45. The van der Waals surface area contributed by atoms with Gasteiger partial charge in [0, 0.05) is 16.6 Å². The zero-order valence-electron chi connectivity index (χ0n) is 13.8. The lowest BCUT2D eigenvalue weighted by Crippen LogP contribution is -2.29. The van der Waals surface area contributed by atoms with Crippen LogP contribution in [0.2, 0.25) is 5.02 Å². The summed E-state index contributed by atoms with van der Waals surface area (Å²) < 4.78 is 5.86. The van der Waals surface area contributed by atoms with Gasteiger partial charge in [0.05, 0.1) is 17.0 Å². The lowest BCUT2D eigenvalue weighted by Gasteiger charge is -2.22. The van der Waals surface area contributed by atoms with Gasteiger partial charge in [0.25, 0.3) is 5.91 Å². The maximum absolute atomic E-state index is 13.2. The molecule has 0 saturated carbocycles. The second-order valence-electron chi connectivity index (χ2n) is 6.11. The standard InChI is InChI=1S/C20H11ClN2O3S/c21-12-7-5-11(6-8-12)16-15-17(24)13-3-1-2-4-14(13)26-18(15)19(25)23(16)20-22-9-10-27-20/h1-10,16H. The van der Waals surface area contributed by atoms with Crippen molar-refractivity contribution in [2.75, 3.05) is 4.90 Å². The molecule has 0 N–H and O–H groups in total. The van der Waals surface area contributed by atoms with E-state index in [1.165, 1.54) is 16.2 Å². The Hall–Kier alpha value is -2.96. The molecule has 1 aliphatic rings. The van der Waals surface area contributed by atoms with Crippen LogP contribution < -0.4 is 10.3 Å². The van der Waals surface area contributed by atoms with Gasteiger partial charge in [-0.05, 0) is 29.8 Å². The van der Waals surface area contributed by atoms with E-state index in [2.05, 4.69) is 4.98 Å². The van der Waals surface area contributed by atoms with Crippen LogP contribution in [-0.4, -0.2) is 10.9 Å². The van der Waals surface area contributed by atoms with Gasteiger partial charge in [0.15, 0.2) is 10.6 Å². The van der Waals surface area contributed by atoms with E-state index in [1.807, 2.05) is 12.1 Å². The highest BCUT2D eigenvalue weighted by Crippen LogP contribution is 2.41. The molecule has 0 bridgehead atoms. The molecule has 1 aliphatic heterocycles. The molecule has 0 spiro atoms. The van der Waals surface area contributed by atoms with Crippen LogP contribution in [0.25, 0.3) is 11.0 Å². The molecule has 132 valence electrons. The molecule has 5 rings (SSSR count). The largest absolute Gasteiger partial charge is 0.450 e. The maximum Gasteiger partial charge on any atom is 0.297 e. The first-order valence-electron chi connectivity index (χ1n) is 8.19. The average Bonchev–Trinajstić information content (AvgIpc) is 3.30. The Bertz CT molecular complexity index is 1230. The van der Waals surface area contributed by atoms with Gasteiger partial charge in [0.1, 0.15) is 5.58 Å². The summed E-state index contributed by atoms with van der Waals surface area (Å²) in [5.41, 5.74) is 1.28. The van der Waals surface area contributed by atoms with Crippen LogP contribution in [0.3, 0.4) is 0 Å². The van der Waals surface area contributed by atoms with Gasteiger partial charge in [-0.2, -0.15) is 0 Å². The minimum absolute atomic E-state index is 0.0637. The number of carbonyl (C=O) groups excluding carboxylic acids is 1. The number of halogens is 1. The monoisotopic (exact) mass is 394 g/mol. The highest BCUT2D eigenvalue weighted by atomic mass is 35.5. The van der Waals surface area contributed by atoms with Crippen molar-refractivity contribution in [2.45, 2.75) is 6.04 Å². The SMILES string of the molecule is O=C1c2oc3ccccc3c(=O)c2C(c2ccc(Cl)cc2)N1c1nccs1. The fourth-order valence-corrected chi connectivity index (χ4v) is 4.21. The van der Waals surface area contributed by atoms with E-state index in [9.17, 15) is 9.59 Å². The fraction of sp³-hybridized carbons (Fsp3) is 0.0500. The highest BCUT2D eigenvalue weighted by Gasteiger charge is 2.44. The predicted molar refractivity (Wildman–Crippen MR) is 105 cm³/mol. The number of thiazole rings is 1. The van der Waals surface area contributed by atoms with Crippen LogP contribution in [0.4, 0.5) is 5.13 Å². The number of hydrogen-bond acceptors (Lipinski definition) is 5. The Morgan fingerprint density at radius 3 is 2.59 bits per heavy atom. The van der Waals surface area contributed by atoms with Crippen LogP contribution in [0.5, 0.6) is 0 Å². The highest BCUT2D eigenvalue weighted by molar-refractivity contribution is 7.13. The van der Waals surface area contributed by atoms with Gasteiger partial charge in [-0.1, -0.05) is 35.9 Å². The normalized spacial score (nSPS) is 16.1. The lowest BCUT2D eigenvalue weighted by atomic mass is 9.99. The zero-order chi connectivity index (χ0) is 18.5. The van der Waals surface area contributed by atoms with Crippen molar-refractivity contribution in [1.29, 1.82) is 0 Å². The third-order valence-corrected chi connectivity index (χ3v) is 5.61. The summed E-state index contributed by atoms with van der Waals surface area (Å²) in [6, 6.07) is 13.4. The molecule has 0 aliphatic carbocycles. The number of benzene rings is 2. The molecule has 3 heterocycles. The van der Waals surface area contributed by atoms with Crippen molar-refractivity contribution in [3.8, 4) is 0 Å². The Balaban J connectivity index is 1.83. The number of rotatable bonds is 2. The predicted octanol–water partition coefficient (Wildman–Crippen LogP) is 4.65. The average molecular weight is 395 g/mol. The van der Waals surface area contributed by atoms with E-state index in [1.54, 1.807) is 48.0 Å². The number of para-hydroxylation sites is 1. The first kappa shape index (κ1) is 16.2. The first-order chi connectivity index (χ1) is 13.1. The molecule has 1 amide bonds. The van der Waals surface area contributed by atoms with Crippen LogP contribution >= 0.6 is 22.9 Å². The van der Waals surface area contributed by atoms with E-state index < -0.39 is 6.04 Å². The number of aromatic nitrogens is 1. The molecule has 0 fully saturated rings. The van der Waals surface area contributed by atoms with E-state index >= 15 is 0 Å². The van der Waals surface area contributed by atoms with Gasteiger partial charge in [-0.3, -0.25) is 14.5 Å². The summed E-state index contributed by atoms with van der Waals surface area (Å²) in [5.74, 6) is -0.309. The van der Waals surface area contributed by atoms with E-state index in [0.717, 1.165) is 5.56 Å². The van der Waals surface area contributed by atoms with Crippen molar-refractivity contribution in [1.82, 2.24) is 4.98 Å². The van der Waals surface area contributed by atoms with Crippen molar-refractivity contribution in [3.63, 3.8) is 0 Å². The molecule has 1 unspecified atom stereocenters. The smallest absolute Gasteiger partial charge is 0.297 e. The van der Waals surface area contributed by atoms with Gasteiger partial charge >= 0.3 is 0 Å². The van der Waals surface area contributed by atoms with E-state index in [0.29, 0.717) is 26.7 Å². The molecular weight excluding hydrogens is 384 g/mol. The Morgan fingerprint density at radius 1 is 1.07 bits per heavy atom. The second kappa shape index (κ2) is 6.04. The number of carbonyl (C=O) groups is 1. The topological polar surface area (TPSA) is 63.4 Å². The van der Waals surface area contributed by atoms with Crippen LogP contribution in [0.15, 0.2) is 69.3 Å². The van der Waals surface area contributed by atoms with Gasteiger partial charge in [-0.15, -0.1) is 11.3 Å². The molecule has 4 aromatic rings. The summed E-state index contributed by atoms with van der Waals surface area (Å²) in [6.07, 6.45) is 1.63. The van der Waals surface area contributed by atoms with Crippen LogP contribution in [0, 0.1) is 0 Å². The van der Waals surface area contributed by atoms with Gasteiger partial charge < -0.3 is 4.42 Å². The molecule has 2 aromatic carbocycles. The maximum atomic E-state index is 13.2. The summed E-state index contributed by atoms with van der Waals surface area (Å²) in [5, 5.41) is 3.32. The number of hydrogen-bond donors (Lipinski definition) is 0. The summed E-state index contributed by atoms with van der Waals surface area (Å²) in [6.45, 7) is 0. The second-order valence-corrected chi connectivity index (χ2v) is 7.42. The van der Waals surface area contributed by atoms with Crippen LogP contribution in [0.1, 0.15) is 27.7 Å². The summed E-state index contributed by atoms with van der Waals surface area (Å²) >= 11 is 7.35. The minimum atomic E-state index is -0.614. The van der Waals surface area contributed by atoms with Gasteiger partial charge in [0.2, 0.25) is 5.76 Å². The lowest BCUT2D eigenvalue weighted by molar-refractivity contribution is 0.0971. The van der Waals surface area contributed by atoms with Crippen LogP contribution in [-0.2, 0) is 0 Å². The molecule has 0 radical (unpaired) electrons. The summed E-state index contributed by atoms with van der Waals surface area (Å²) in [7, 11) is 0. The fourth-order valence-electron chi connectivity index (χ4n) is 3.41. The Labute approximate surface area is 162 Å². The van der Waals surface area contributed by atoms with Gasteiger partial charge in [-0.25, -0.2) is 4.98 Å². The number of amides is 1. The Kier molecular flexibility index (Phi) is 3.63. The molecule has 2 aromatic heterocycles. The third kappa shape index (κ3) is 2.41. The van der Waals surface area contributed by atoms with Crippen molar-refractivity contribution >= 4 is 44.9 Å². The molecule has 7 heteroatoms. The van der Waals surface area contributed by atoms with Crippen molar-refractivity contribution in [3.05, 3.63) is 92.2 Å². The summed E-state index contributed by atoms with van der Waals surface area (Å²) in [4.78, 5) is 32.2. The molecule has 27 heavy (non-hydrogen) atoms. The molecule has 0 saturated heterocycles. The molecular formula is C20H11ClN2O3S. The molecule has 5 nitrogen and oxygen atoms in total. The zero-order valence-corrected chi connectivity index (χ0v) is 15.3. The number of nitrogens with zero attached hydrogens (tertiary/aromatic N) is 2. The number of anilines is 1. The van der Waals surface area contributed by atoms with E-state index in [4.69, 9.17) is 16.0 Å². The molecule has 1 atom stereocenters. The Morgan fingerprint density at radius 2 is 1.85 bits per heavy atom. The quantitative estimate of drug-likeness (QED) is 0.496. The third-order valence-electron chi connectivity index (χ3n) is 4.59. The minimum Gasteiger partial charge on any atom is -0.450 e. The van der Waals surface area contributed by atoms with Crippen molar-refractivity contribution < 1.29 is 9.21 Å². The van der Waals surface area contributed by atoms with E-state index in [-0.39, 0.29) is 17.1 Å².